The van der Waals surface area contributed by atoms with Crippen LogP contribution in [0.25, 0.3) is 0 Å². The second-order valence-electron chi connectivity index (χ2n) is 2.57. The van der Waals surface area contributed by atoms with Gasteiger partial charge in [-0.05, 0) is 12.1 Å². The fourth-order valence-corrected chi connectivity index (χ4v) is 0.958. The molecule has 1 N–H and O–H groups in total. The molecule has 0 unspecified atom stereocenters. The molecule has 0 saturated heterocycles. The van der Waals surface area contributed by atoms with E-state index >= 15 is 0 Å². The van der Waals surface area contributed by atoms with Crippen LogP contribution in [0.4, 0.5) is 0 Å². The fraction of sp³-hybridized carbons (Fsp3) is 0. The summed E-state index contributed by atoms with van der Waals surface area (Å²) in [6, 6.07) is 4.81. The predicted octanol–water partition coefficient (Wildman–Crippen LogP) is 0.957. The van der Waals surface area contributed by atoms with Crippen LogP contribution >= 0.6 is 0 Å². The van der Waals surface area contributed by atoms with Crippen molar-refractivity contribution >= 4 is 0 Å². The smallest absolute Gasteiger partial charge is 0.267 e. The molecule has 0 bridgehead atoms. The van der Waals surface area contributed by atoms with Gasteiger partial charge >= 0.3 is 0 Å². The summed E-state index contributed by atoms with van der Waals surface area (Å²) in [5.74, 6) is 0.960. The zero-order valence-corrected chi connectivity index (χ0v) is 7.18. The third kappa shape index (κ3) is 1.95. The van der Waals surface area contributed by atoms with E-state index in [2.05, 4.69) is 15.2 Å². The van der Waals surface area contributed by atoms with Gasteiger partial charge in [0.15, 0.2) is 5.75 Å². The second-order valence-corrected chi connectivity index (χ2v) is 2.57. The Kier molecular flexibility index (Phi) is 2.22. The Hall–Kier alpha value is -2.17. The van der Waals surface area contributed by atoms with Gasteiger partial charge in [0.05, 0.1) is 12.4 Å². The number of H-pyrrole nitrogens is 1. The van der Waals surface area contributed by atoms with Gasteiger partial charge in [-0.1, -0.05) is 0 Å². The first kappa shape index (κ1) is 8.43. The Labute approximate surface area is 79.4 Å². The van der Waals surface area contributed by atoms with E-state index < -0.39 is 0 Å². The van der Waals surface area contributed by atoms with Gasteiger partial charge in [-0.2, -0.15) is 5.10 Å². The minimum absolute atomic E-state index is 0.300. The molecule has 0 fully saturated rings. The van der Waals surface area contributed by atoms with Gasteiger partial charge in [-0.15, -0.1) is 0 Å². The zero-order valence-electron chi connectivity index (χ0n) is 7.18. The minimum atomic E-state index is -0.300. The first-order valence-corrected chi connectivity index (χ1v) is 3.97. The first-order valence-electron chi connectivity index (χ1n) is 3.97. The molecule has 5 heteroatoms. The molecule has 0 aliphatic heterocycles. The van der Waals surface area contributed by atoms with E-state index in [4.69, 9.17) is 4.74 Å². The number of hydrogen-bond acceptors (Lipinski definition) is 4. The molecule has 0 aliphatic rings. The molecule has 2 aromatic heterocycles. The molecular weight excluding hydrogens is 182 g/mol. The average molecular weight is 189 g/mol. The molecule has 2 aromatic rings. The standard InChI is InChI=1S/C9H7N3O2/c13-9-4-8(6-11-12-9)14-7-2-1-3-10-5-7/h1-6H,(H,12,13). The molecule has 0 spiro atoms. The largest absolute Gasteiger partial charge is 0.454 e. The molecule has 0 radical (unpaired) electrons. The quantitative estimate of drug-likeness (QED) is 0.763. The summed E-state index contributed by atoms with van der Waals surface area (Å²) in [5.41, 5.74) is -0.300. The van der Waals surface area contributed by atoms with Crippen LogP contribution < -0.4 is 10.3 Å². The number of pyridine rings is 1. The Morgan fingerprint density at radius 1 is 1.29 bits per heavy atom. The molecule has 0 aromatic carbocycles. The minimum Gasteiger partial charge on any atom is -0.454 e. The van der Waals surface area contributed by atoms with Crippen molar-refractivity contribution in [1.82, 2.24) is 15.2 Å². The summed E-state index contributed by atoms with van der Waals surface area (Å²) < 4.78 is 5.31. The van der Waals surface area contributed by atoms with Crippen LogP contribution in [0, 0.1) is 0 Å². The number of hydrogen-bond donors (Lipinski definition) is 1. The number of rotatable bonds is 2. The first-order chi connectivity index (χ1) is 6.84. The van der Waals surface area contributed by atoms with Crippen molar-refractivity contribution in [2.45, 2.75) is 0 Å². The number of aromatic amines is 1. The SMILES string of the molecule is O=c1cc(Oc2cccnc2)cn[nH]1. The molecule has 5 nitrogen and oxygen atoms in total. The van der Waals surface area contributed by atoms with E-state index in [1.54, 1.807) is 24.5 Å². The summed E-state index contributed by atoms with van der Waals surface area (Å²) in [5, 5.41) is 5.85. The third-order valence-electron chi connectivity index (χ3n) is 1.51. The zero-order chi connectivity index (χ0) is 9.80. The topological polar surface area (TPSA) is 67.9 Å². The summed E-state index contributed by atoms with van der Waals surface area (Å²) in [4.78, 5) is 14.7. The third-order valence-corrected chi connectivity index (χ3v) is 1.51. The Balaban J connectivity index is 2.24. The van der Waals surface area contributed by atoms with E-state index in [9.17, 15) is 4.79 Å². The van der Waals surface area contributed by atoms with Gasteiger partial charge in [0.25, 0.3) is 5.56 Å². The van der Waals surface area contributed by atoms with Crippen LogP contribution in [0.2, 0.25) is 0 Å². The molecule has 2 rings (SSSR count). The highest BCUT2D eigenvalue weighted by Crippen LogP contribution is 2.16. The number of nitrogens with zero attached hydrogens (tertiary/aromatic N) is 2. The van der Waals surface area contributed by atoms with Gasteiger partial charge in [-0.25, -0.2) is 5.10 Å². The fourth-order valence-electron chi connectivity index (χ4n) is 0.958. The molecule has 0 aliphatic carbocycles. The van der Waals surface area contributed by atoms with Crippen molar-refractivity contribution in [3.8, 4) is 11.5 Å². The number of nitrogens with one attached hydrogen (secondary N) is 1. The van der Waals surface area contributed by atoms with E-state index in [1.165, 1.54) is 12.3 Å². The van der Waals surface area contributed by atoms with Crippen LogP contribution in [-0.4, -0.2) is 15.2 Å². The summed E-state index contributed by atoms with van der Waals surface area (Å²) >= 11 is 0. The lowest BCUT2D eigenvalue weighted by atomic mass is 10.4. The lowest BCUT2D eigenvalue weighted by molar-refractivity contribution is 0.475. The maximum absolute atomic E-state index is 10.9. The van der Waals surface area contributed by atoms with Gasteiger partial charge in [-0.3, -0.25) is 9.78 Å². The highest BCUT2D eigenvalue weighted by atomic mass is 16.5. The monoisotopic (exact) mass is 189 g/mol. The van der Waals surface area contributed by atoms with Crippen LogP contribution in [0.1, 0.15) is 0 Å². The summed E-state index contributed by atoms with van der Waals surface area (Å²) in [7, 11) is 0. The average Bonchev–Trinajstić information content (AvgIpc) is 2.19. The normalized spacial score (nSPS) is 9.71. The highest BCUT2D eigenvalue weighted by Gasteiger charge is 1.96. The van der Waals surface area contributed by atoms with E-state index in [0.717, 1.165) is 0 Å². The van der Waals surface area contributed by atoms with Gasteiger partial charge in [0.2, 0.25) is 0 Å². The van der Waals surface area contributed by atoms with E-state index in [-0.39, 0.29) is 5.56 Å². The Morgan fingerprint density at radius 2 is 2.21 bits per heavy atom. The number of aromatic nitrogens is 3. The van der Waals surface area contributed by atoms with Crippen LogP contribution in [0.5, 0.6) is 11.5 Å². The van der Waals surface area contributed by atoms with Gasteiger partial charge in [0, 0.05) is 12.3 Å². The Morgan fingerprint density at radius 3 is 2.93 bits per heavy atom. The highest BCUT2D eigenvalue weighted by molar-refractivity contribution is 5.24. The lowest BCUT2D eigenvalue weighted by Crippen LogP contribution is -2.05. The molecule has 2 heterocycles. The van der Waals surface area contributed by atoms with Crippen molar-refractivity contribution < 1.29 is 4.74 Å². The summed E-state index contributed by atoms with van der Waals surface area (Å²) in [6.45, 7) is 0. The van der Waals surface area contributed by atoms with Gasteiger partial charge < -0.3 is 4.74 Å². The van der Waals surface area contributed by atoms with Crippen LogP contribution in [-0.2, 0) is 0 Å². The van der Waals surface area contributed by atoms with Crippen molar-refractivity contribution in [1.29, 1.82) is 0 Å². The molecular formula is C9H7N3O2. The van der Waals surface area contributed by atoms with Crippen LogP contribution in [0.15, 0.2) is 41.6 Å². The van der Waals surface area contributed by atoms with Crippen molar-refractivity contribution in [3.05, 3.63) is 47.1 Å². The Bertz CT molecular complexity index is 467. The molecule has 0 amide bonds. The second kappa shape index (κ2) is 3.69. The molecule has 0 saturated carbocycles. The van der Waals surface area contributed by atoms with Crippen molar-refractivity contribution in [3.63, 3.8) is 0 Å². The summed E-state index contributed by atoms with van der Waals surface area (Å²) in [6.07, 6.45) is 4.62. The lowest BCUT2D eigenvalue weighted by Gasteiger charge is -2.02. The predicted molar refractivity (Wildman–Crippen MR) is 49.2 cm³/mol. The van der Waals surface area contributed by atoms with Crippen LogP contribution in [0.3, 0.4) is 0 Å². The van der Waals surface area contributed by atoms with Gasteiger partial charge in [0.1, 0.15) is 5.75 Å². The van der Waals surface area contributed by atoms with E-state index in [1.807, 2.05) is 0 Å². The van der Waals surface area contributed by atoms with E-state index in [0.29, 0.717) is 11.5 Å². The molecule has 14 heavy (non-hydrogen) atoms. The molecule has 0 atom stereocenters. The van der Waals surface area contributed by atoms with Crippen molar-refractivity contribution in [2.24, 2.45) is 0 Å². The number of ether oxygens (including phenoxy) is 1. The maximum Gasteiger partial charge on any atom is 0.267 e. The maximum atomic E-state index is 10.9. The van der Waals surface area contributed by atoms with Crippen molar-refractivity contribution in [2.75, 3.05) is 0 Å². The molecule has 70 valence electrons.